The lowest BCUT2D eigenvalue weighted by atomic mass is 9.91. The maximum absolute atomic E-state index is 13.5. The van der Waals surface area contributed by atoms with Crippen LogP contribution in [0.25, 0.3) is 11.2 Å². The average molecular weight is 720 g/mol. The number of urea groups is 1. The van der Waals surface area contributed by atoms with E-state index in [1.807, 2.05) is 54.6 Å². The zero-order chi connectivity index (χ0) is 36.7. The van der Waals surface area contributed by atoms with Crippen LogP contribution >= 0.6 is 0 Å². The Balaban J connectivity index is 1.02. The second-order valence-electron chi connectivity index (χ2n) is 13.5. The molecule has 0 spiro atoms. The number of nitrogens with zero attached hydrogens (tertiary/aromatic N) is 6. The number of aromatic nitrogens is 5. The van der Waals surface area contributed by atoms with Gasteiger partial charge in [0.15, 0.2) is 11.5 Å². The minimum absolute atomic E-state index is 0.0397. The molecule has 3 aromatic heterocycles. The number of carbonyl (C=O) groups excluding carboxylic acids is 2. The molecule has 4 heterocycles. The molecular weight excluding hydrogens is 674 g/mol. The summed E-state index contributed by atoms with van der Waals surface area (Å²) in [6.45, 7) is 2.36. The topological polar surface area (TPSA) is 208 Å². The fraction of sp³-hybridized carbons (Fsp3) is 0.368. The number of amides is 3. The summed E-state index contributed by atoms with van der Waals surface area (Å²) in [5.41, 5.74) is 9.02. The zero-order valence-corrected chi connectivity index (χ0v) is 29.3. The summed E-state index contributed by atoms with van der Waals surface area (Å²) in [5.74, 6) is 0.582. The Bertz CT molecular complexity index is 1930. The number of carbonyl (C=O) groups is 2. The molecule has 7 rings (SSSR count). The van der Waals surface area contributed by atoms with Crippen molar-refractivity contribution in [2.75, 3.05) is 42.9 Å². The molecular formula is C38H45N11O4. The monoisotopic (exact) mass is 719 g/mol. The molecule has 3 amide bonds. The Morgan fingerprint density at radius 2 is 1.53 bits per heavy atom. The van der Waals surface area contributed by atoms with Crippen molar-refractivity contribution in [3.63, 3.8) is 0 Å². The number of aliphatic hydroxyl groups excluding tert-OH is 2. The summed E-state index contributed by atoms with van der Waals surface area (Å²) in [6.07, 6.45) is 2.95. The largest absolute Gasteiger partial charge is 0.389 e. The lowest BCUT2D eigenvalue weighted by Crippen LogP contribution is -2.49. The molecule has 2 fully saturated rings. The third kappa shape index (κ3) is 8.22. The van der Waals surface area contributed by atoms with E-state index < -0.39 is 30.2 Å². The van der Waals surface area contributed by atoms with Gasteiger partial charge in [-0.05, 0) is 42.5 Å². The van der Waals surface area contributed by atoms with Gasteiger partial charge in [0.1, 0.15) is 17.4 Å². The predicted octanol–water partition coefficient (Wildman–Crippen LogP) is 2.16. The van der Waals surface area contributed by atoms with Gasteiger partial charge >= 0.3 is 6.03 Å². The molecule has 8 N–H and O–H groups in total. The van der Waals surface area contributed by atoms with Gasteiger partial charge in [0, 0.05) is 56.9 Å². The van der Waals surface area contributed by atoms with Gasteiger partial charge in [-0.3, -0.25) is 4.79 Å². The molecule has 1 aliphatic carbocycles. The number of nitrogens with two attached hydrogens (primary N) is 1. The Labute approximate surface area is 307 Å². The van der Waals surface area contributed by atoms with Crippen molar-refractivity contribution in [2.24, 2.45) is 5.73 Å². The van der Waals surface area contributed by atoms with E-state index in [0.717, 1.165) is 42.9 Å². The summed E-state index contributed by atoms with van der Waals surface area (Å²) in [7, 11) is 0. The van der Waals surface area contributed by atoms with Gasteiger partial charge in [0.25, 0.3) is 5.91 Å². The number of rotatable bonds is 12. The molecule has 5 aromatic rings. The number of fused-ring (bicyclic) bond motifs is 1. The first-order valence-corrected chi connectivity index (χ1v) is 18.0. The highest BCUT2D eigenvalue weighted by Gasteiger charge is 2.41. The summed E-state index contributed by atoms with van der Waals surface area (Å²) >= 11 is 0. The van der Waals surface area contributed by atoms with Crippen molar-refractivity contribution in [3.8, 4) is 0 Å². The van der Waals surface area contributed by atoms with Crippen LogP contribution in [-0.4, -0.2) is 104 Å². The van der Waals surface area contributed by atoms with E-state index in [9.17, 15) is 19.8 Å². The Morgan fingerprint density at radius 1 is 0.849 bits per heavy atom. The van der Waals surface area contributed by atoms with E-state index in [1.54, 1.807) is 10.8 Å². The van der Waals surface area contributed by atoms with Gasteiger partial charge in [-0.2, -0.15) is 0 Å². The average Bonchev–Trinajstić information content (AvgIpc) is 3.73. The molecule has 53 heavy (non-hydrogen) atoms. The Hall–Kier alpha value is -5.64. The van der Waals surface area contributed by atoms with Crippen molar-refractivity contribution in [2.45, 2.75) is 55.5 Å². The van der Waals surface area contributed by atoms with Crippen LogP contribution in [-0.2, 0) is 0 Å². The second kappa shape index (κ2) is 16.4. The molecule has 15 heteroatoms. The summed E-state index contributed by atoms with van der Waals surface area (Å²) in [6, 6.07) is 24.6. The number of hydrogen-bond donors (Lipinski definition) is 7. The summed E-state index contributed by atoms with van der Waals surface area (Å²) in [5, 5.41) is 33.3. The van der Waals surface area contributed by atoms with Crippen LogP contribution < -0.4 is 31.9 Å². The molecule has 2 aromatic carbocycles. The number of piperidine rings is 1. The quantitative estimate of drug-likeness (QED) is 0.0930. The highest BCUT2D eigenvalue weighted by atomic mass is 16.3. The van der Waals surface area contributed by atoms with Crippen LogP contribution in [0.2, 0.25) is 0 Å². The normalized spacial score (nSPS) is 20.4. The van der Waals surface area contributed by atoms with Gasteiger partial charge in [-0.15, -0.1) is 0 Å². The number of hydrogen-bond acceptors (Lipinski definition) is 11. The lowest BCUT2D eigenvalue weighted by Gasteiger charge is -2.33. The number of pyridine rings is 1. The first-order chi connectivity index (χ1) is 25.9. The third-order valence-electron chi connectivity index (χ3n) is 10.1. The van der Waals surface area contributed by atoms with Crippen LogP contribution in [0.5, 0.6) is 0 Å². The third-order valence-corrected chi connectivity index (χ3v) is 10.1. The fourth-order valence-electron chi connectivity index (χ4n) is 7.16. The van der Waals surface area contributed by atoms with Crippen LogP contribution in [0.3, 0.4) is 0 Å². The number of aliphatic hydroxyl groups is 2. The van der Waals surface area contributed by atoms with E-state index in [4.69, 9.17) is 5.73 Å². The molecule has 15 nitrogen and oxygen atoms in total. The van der Waals surface area contributed by atoms with Gasteiger partial charge in [-0.25, -0.2) is 24.7 Å². The first kappa shape index (κ1) is 35.7. The molecule has 2 aliphatic rings. The van der Waals surface area contributed by atoms with E-state index in [0.29, 0.717) is 29.9 Å². The van der Waals surface area contributed by atoms with Crippen LogP contribution in [0.1, 0.15) is 53.0 Å². The first-order valence-electron chi connectivity index (χ1n) is 18.0. The van der Waals surface area contributed by atoms with Crippen molar-refractivity contribution < 1.29 is 19.8 Å². The van der Waals surface area contributed by atoms with Crippen LogP contribution in [0.4, 0.5) is 16.4 Å². The van der Waals surface area contributed by atoms with E-state index in [1.165, 1.54) is 6.33 Å². The molecule has 0 radical (unpaired) electrons. The lowest BCUT2D eigenvalue weighted by molar-refractivity contribution is 0.0187. The molecule has 1 saturated carbocycles. The van der Waals surface area contributed by atoms with Crippen molar-refractivity contribution in [1.29, 1.82) is 0 Å². The summed E-state index contributed by atoms with van der Waals surface area (Å²) < 4.78 is 1.65. The van der Waals surface area contributed by atoms with Crippen molar-refractivity contribution in [3.05, 3.63) is 108 Å². The van der Waals surface area contributed by atoms with Gasteiger partial charge in [0.05, 0.1) is 18.5 Å². The molecule has 1 saturated heterocycles. The van der Waals surface area contributed by atoms with E-state index in [-0.39, 0.29) is 36.9 Å². The van der Waals surface area contributed by atoms with Crippen LogP contribution in [0.15, 0.2) is 91.4 Å². The minimum Gasteiger partial charge on any atom is -0.389 e. The SMILES string of the molecule is N[C@H]1C[C@@H](n2cnc3c(NCC(c4ccccc4)c4ccccc4)nc(C(=O)NCCNC(=O)NC4CCN(c5ccccn5)CC4)nc32)[C@H](O)[C@@H]1O. The number of benzene rings is 2. The van der Waals surface area contributed by atoms with Gasteiger partial charge in [-0.1, -0.05) is 66.7 Å². The minimum atomic E-state index is -1.14. The standard InChI is InChI=1S/C38H45N11O4/c39-28-21-29(33(51)32(28)50)49-23-44-31-34(43-22-27(24-9-3-1-4-10-24)25-11-5-2-6-12-25)46-35(47-36(31)49)37(52)41-17-18-42-38(53)45-26-14-19-48(20-15-26)30-13-7-8-16-40-30/h1-13,16,23,26-29,32-33,50-51H,14-15,17-22,39H2,(H,41,52)(H2,42,45,53)(H,43,46,47)/t28-,29+,32+,33-/m0/s1. The Kier molecular flexibility index (Phi) is 11.0. The molecule has 0 unspecified atom stereocenters. The Morgan fingerprint density at radius 3 is 2.17 bits per heavy atom. The molecule has 276 valence electrons. The molecule has 1 aliphatic heterocycles. The molecule has 4 atom stereocenters. The maximum Gasteiger partial charge on any atom is 0.315 e. The van der Waals surface area contributed by atoms with Gasteiger partial charge < -0.3 is 46.7 Å². The number of anilines is 2. The number of imidazole rings is 1. The highest BCUT2D eigenvalue weighted by molar-refractivity contribution is 5.94. The summed E-state index contributed by atoms with van der Waals surface area (Å²) in [4.78, 5) is 46.6. The fourth-order valence-corrected chi connectivity index (χ4v) is 7.16. The zero-order valence-electron chi connectivity index (χ0n) is 29.3. The predicted molar refractivity (Wildman–Crippen MR) is 201 cm³/mol. The van der Waals surface area contributed by atoms with E-state index >= 15 is 0 Å². The smallest absolute Gasteiger partial charge is 0.315 e. The van der Waals surface area contributed by atoms with Crippen molar-refractivity contribution in [1.82, 2.24) is 40.5 Å². The highest BCUT2D eigenvalue weighted by Crippen LogP contribution is 2.34. The maximum atomic E-state index is 13.5. The molecule has 0 bridgehead atoms. The second-order valence-corrected chi connectivity index (χ2v) is 13.5. The van der Waals surface area contributed by atoms with Crippen molar-refractivity contribution >= 4 is 34.7 Å². The van der Waals surface area contributed by atoms with Gasteiger partial charge in [0.2, 0.25) is 5.82 Å². The number of nitrogens with one attached hydrogen (secondary N) is 4. The van der Waals surface area contributed by atoms with E-state index in [2.05, 4.69) is 70.4 Å². The van der Waals surface area contributed by atoms with Crippen LogP contribution in [0, 0.1) is 0 Å².